The smallest absolute Gasteiger partial charge is 0.251 e. The molecule has 2 heterocycles. The molecule has 0 radical (unpaired) electrons. The molecule has 5 atom stereocenters. The highest BCUT2D eigenvalue weighted by atomic mass is 16.5. The van der Waals surface area contributed by atoms with E-state index in [-0.39, 0.29) is 23.7 Å². The Morgan fingerprint density at radius 2 is 1.87 bits per heavy atom. The Hall–Kier alpha value is -3.09. The van der Waals surface area contributed by atoms with Crippen LogP contribution in [0, 0.1) is 12.8 Å². The lowest BCUT2D eigenvalue weighted by molar-refractivity contribution is -0.181. The zero-order valence-corrected chi connectivity index (χ0v) is 22.1. The number of likely N-dealkylation sites (tertiary alicyclic amines) is 1. The third kappa shape index (κ3) is 3.36. The molecule has 3 aromatic rings. The molecule has 1 unspecified atom stereocenters. The maximum absolute atomic E-state index is 13.5. The number of phenolic OH excluding ortho intramolecular Hbond substituents is 1. The molecule has 198 valence electrons. The standard InChI is InChI=1S/C32H36N2O4/c1-19-7-12-26(35)28-27(19)31-15-16-34(18-21-8-9-21)20(2)32(31,37)14-13-25(29(31)38-28)33-30(36)24-11-10-22-5-3-4-6-23(22)17-24/h3-7,10-12,17,20-21,25,29,35,37H,8-9,13-16,18H2,1-2H3,(H,33,36)/t20?,25-,29+,31+,32-/m1/s1. The zero-order chi connectivity index (χ0) is 26.2. The van der Waals surface area contributed by atoms with E-state index in [1.54, 1.807) is 6.07 Å². The number of hydrogen-bond donors (Lipinski definition) is 3. The first-order valence-electron chi connectivity index (χ1n) is 14.1. The second-order valence-corrected chi connectivity index (χ2v) is 12.1. The van der Waals surface area contributed by atoms with Crippen molar-refractivity contribution in [1.82, 2.24) is 10.2 Å². The highest BCUT2D eigenvalue weighted by Crippen LogP contribution is 2.62. The molecule has 3 N–H and O–H groups in total. The maximum Gasteiger partial charge on any atom is 0.251 e. The largest absolute Gasteiger partial charge is 0.504 e. The third-order valence-electron chi connectivity index (χ3n) is 10.0. The minimum atomic E-state index is -1.03. The molecule has 6 heteroatoms. The number of nitrogens with zero attached hydrogens (tertiary/aromatic N) is 1. The number of aryl methyl sites for hydroxylation is 1. The second kappa shape index (κ2) is 8.45. The Kier molecular flexibility index (Phi) is 5.34. The van der Waals surface area contributed by atoms with Crippen LogP contribution in [0.5, 0.6) is 11.5 Å². The summed E-state index contributed by atoms with van der Waals surface area (Å²) in [7, 11) is 0. The molecule has 2 aliphatic heterocycles. The number of aliphatic hydroxyl groups is 1. The molecular formula is C32H36N2O4. The molecule has 6 nitrogen and oxygen atoms in total. The fraction of sp³-hybridized carbons (Fsp3) is 0.469. The minimum absolute atomic E-state index is 0.0483. The molecular weight excluding hydrogens is 476 g/mol. The lowest BCUT2D eigenvalue weighted by atomic mass is 9.51. The molecule has 1 spiro atoms. The number of rotatable bonds is 4. The van der Waals surface area contributed by atoms with Gasteiger partial charge in [-0.05, 0) is 92.9 Å². The van der Waals surface area contributed by atoms with E-state index in [1.165, 1.54) is 12.8 Å². The highest BCUT2D eigenvalue weighted by Gasteiger charge is 2.70. The topological polar surface area (TPSA) is 82.0 Å². The zero-order valence-electron chi connectivity index (χ0n) is 22.1. The molecule has 0 aromatic heterocycles. The van der Waals surface area contributed by atoms with Crippen molar-refractivity contribution in [2.24, 2.45) is 5.92 Å². The van der Waals surface area contributed by atoms with Crippen molar-refractivity contribution in [2.45, 2.75) is 75.2 Å². The lowest BCUT2D eigenvalue weighted by Crippen LogP contribution is -2.76. The van der Waals surface area contributed by atoms with Gasteiger partial charge >= 0.3 is 0 Å². The maximum atomic E-state index is 13.5. The summed E-state index contributed by atoms with van der Waals surface area (Å²) in [4.78, 5) is 16.0. The Morgan fingerprint density at radius 1 is 1.08 bits per heavy atom. The predicted molar refractivity (Wildman–Crippen MR) is 147 cm³/mol. The van der Waals surface area contributed by atoms with Gasteiger partial charge < -0.3 is 20.3 Å². The Balaban J connectivity index is 1.26. The number of aromatic hydroxyl groups is 1. The number of hydrogen-bond acceptors (Lipinski definition) is 5. The van der Waals surface area contributed by atoms with E-state index in [0.717, 1.165) is 47.3 Å². The summed E-state index contributed by atoms with van der Waals surface area (Å²) in [6.07, 6.45) is 3.99. The molecule has 1 saturated heterocycles. The third-order valence-corrected chi connectivity index (χ3v) is 10.0. The number of carbonyl (C=O) groups is 1. The van der Waals surface area contributed by atoms with Crippen LogP contribution in [0.25, 0.3) is 10.8 Å². The van der Waals surface area contributed by atoms with Crippen molar-refractivity contribution < 1.29 is 19.7 Å². The summed E-state index contributed by atoms with van der Waals surface area (Å²) in [5, 5.41) is 28.9. The normalized spacial score (nSPS) is 32.2. The molecule has 38 heavy (non-hydrogen) atoms. The fourth-order valence-electron chi connectivity index (χ4n) is 7.84. The molecule has 3 aromatic carbocycles. The Morgan fingerprint density at radius 3 is 2.66 bits per heavy atom. The van der Waals surface area contributed by atoms with Gasteiger partial charge in [-0.3, -0.25) is 9.69 Å². The Labute approximate surface area is 223 Å². The molecule has 0 bridgehead atoms. The van der Waals surface area contributed by atoms with Crippen LogP contribution in [-0.2, 0) is 5.41 Å². The average Bonchev–Trinajstić information content (AvgIpc) is 3.67. The van der Waals surface area contributed by atoms with Gasteiger partial charge in [-0.15, -0.1) is 0 Å². The molecule has 7 rings (SSSR count). The SMILES string of the molecule is Cc1ccc(O)c2c1[C@]13CCN(CC4CC4)C(C)[C@]1(O)CC[C@@H](NC(=O)c1ccc4ccccc4c1)[C@@H]3O2. The second-order valence-electron chi connectivity index (χ2n) is 12.1. The number of phenols is 1. The number of benzene rings is 3. The van der Waals surface area contributed by atoms with Crippen LogP contribution in [0.3, 0.4) is 0 Å². The van der Waals surface area contributed by atoms with E-state index < -0.39 is 17.1 Å². The predicted octanol–water partition coefficient (Wildman–Crippen LogP) is 4.68. The summed E-state index contributed by atoms with van der Waals surface area (Å²) in [6.45, 7) is 6.08. The Bertz CT molecular complexity index is 1430. The molecule has 2 aliphatic carbocycles. The van der Waals surface area contributed by atoms with Gasteiger partial charge in [0.05, 0.1) is 17.1 Å². The van der Waals surface area contributed by atoms with Gasteiger partial charge in [-0.1, -0.05) is 36.4 Å². The van der Waals surface area contributed by atoms with Gasteiger partial charge in [-0.25, -0.2) is 0 Å². The lowest BCUT2D eigenvalue weighted by Gasteiger charge is -2.61. The average molecular weight is 513 g/mol. The quantitative estimate of drug-likeness (QED) is 0.473. The van der Waals surface area contributed by atoms with Gasteiger partial charge in [0.15, 0.2) is 11.5 Å². The number of fused-ring (bicyclic) bond motifs is 2. The number of ether oxygens (including phenoxy) is 1. The van der Waals surface area contributed by atoms with Crippen LogP contribution in [0.2, 0.25) is 0 Å². The van der Waals surface area contributed by atoms with Crippen LogP contribution >= 0.6 is 0 Å². The van der Waals surface area contributed by atoms with E-state index in [0.29, 0.717) is 24.2 Å². The first-order valence-corrected chi connectivity index (χ1v) is 14.1. The van der Waals surface area contributed by atoms with Crippen LogP contribution in [-0.4, -0.2) is 57.9 Å². The minimum Gasteiger partial charge on any atom is -0.504 e. The summed E-state index contributed by atoms with van der Waals surface area (Å²) in [6, 6.07) is 17.1. The van der Waals surface area contributed by atoms with Crippen molar-refractivity contribution >= 4 is 16.7 Å². The van der Waals surface area contributed by atoms with E-state index in [2.05, 4.69) is 17.1 Å². The molecule has 1 amide bonds. The summed E-state index contributed by atoms with van der Waals surface area (Å²) >= 11 is 0. The molecule has 4 aliphatic rings. The fourth-order valence-corrected chi connectivity index (χ4v) is 7.84. The van der Waals surface area contributed by atoms with E-state index in [4.69, 9.17) is 4.74 Å². The number of nitrogens with one attached hydrogen (secondary N) is 1. The van der Waals surface area contributed by atoms with Gasteiger partial charge in [-0.2, -0.15) is 0 Å². The van der Waals surface area contributed by atoms with E-state index in [1.807, 2.05) is 55.5 Å². The van der Waals surface area contributed by atoms with Gasteiger partial charge in [0.1, 0.15) is 6.10 Å². The van der Waals surface area contributed by atoms with Crippen molar-refractivity contribution in [1.29, 1.82) is 0 Å². The van der Waals surface area contributed by atoms with Crippen LogP contribution in [0.4, 0.5) is 0 Å². The number of amides is 1. The first kappa shape index (κ1) is 24.0. The van der Waals surface area contributed by atoms with Crippen LogP contribution in [0.15, 0.2) is 54.6 Å². The number of carbonyl (C=O) groups excluding carboxylic acids is 1. The summed E-state index contributed by atoms with van der Waals surface area (Å²) in [5.41, 5.74) is 0.819. The van der Waals surface area contributed by atoms with Crippen molar-refractivity contribution in [3.63, 3.8) is 0 Å². The molecule has 2 saturated carbocycles. The molecule has 3 fully saturated rings. The highest BCUT2D eigenvalue weighted by molar-refractivity contribution is 5.98. The van der Waals surface area contributed by atoms with Gasteiger partial charge in [0.25, 0.3) is 5.91 Å². The van der Waals surface area contributed by atoms with Crippen LogP contribution < -0.4 is 10.1 Å². The monoisotopic (exact) mass is 512 g/mol. The van der Waals surface area contributed by atoms with Gasteiger partial charge in [0.2, 0.25) is 0 Å². The van der Waals surface area contributed by atoms with E-state index in [9.17, 15) is 15.0 Å². The number of piperidine rings is 1. The van der Waals surface area contributed by atoms with Crippen molar-refractivity contribution in [3.05, 3.63) is 71.3 Å². The van der Waals surface area contributed by atoms with Crippen LogP contribution in [0.1, 0.15) is 60.5 Å². The van der Waals surface area contributed by atoms with Crippen molar-refractivity contribution in [2.75, 3.05) is 13.1 Å². The summed E-state index contributed by atoms with van der Waals surface area (Å²) in [5.74, 6) is 1.18. The van der Waals surface area contributed by atoms with Crippen molar-refractivity contribution in [3.8, 4) is 11.5 Å². The van der Waals surface area contributed by atoms with E-state index >= 15 is 0 Å². The van der Waals surface area contributed by atoms with Gasteiger partial charge in [0, 0.05) is 23.7 Å². The summed E-state index contributed by atoms with van der Waals surface area (Å²) < 4.78 is 6.60. The first-order chi connectivity index (χ1) is 18.3.